The highest BCUT2D eigenvalue weighted by molar-refractivity contribution is 14.1. The minimum absolute atomic E-state index is 0.0521. The molecular weight excluding hydrogens is 646 g/mol. The van der Waals surface area contributed by atoms with Gasteiger partial charge in [0.25, 0.3) is 0 Å². The van der Waals surface area contributed by atoms with Gasteiger partial charge in [0.05, 0.1) is 15.7 Å². The molecule has 0 aliphatic carbocycles. The Labute approximate surface area is 227 Å². The molecule has 170 valence electrons. The van der Waals surface area contributed by atoms with E-state index >= 15 is 0 Å². The summed E-state index contributed by atoms with van der Waals surface area (Å²) < 4.78 is 1.91. The second-order valence-electron chi connectivity index (χ2n) is 8.49. The van der Waals surface area contributed by atoms with Crippen LogP contribution in [0.3, 0.4) is 0 Å². The molecule has 1 aliphatic rings. The number of fused-ring (bicyclic) bond motifs is 1. The van der Waals surface area contributed by atoms with Gasteiger partial charge in [0.2, 0.25) is 0 Å². The standard InChI is InChI=1S/C29H24I2N2O/c30-25-15-24(29(34)26(31)16-25)17-32-27(20-9-3-1-4-10-20)28(21-11-5-2-6-12-21)33-18-22-13-7-8-14-23(22)19-33/h1-17,27-28,34H,18-19H2/t27-,28-/m1/s1. The molecule has 0 saturated heterocycles. The Morgan fingerprint density at radius 3 is 1.94 bits per heavy atom. The van der Waals surface area contributed by atoms with E-state index in [1.54, 1.807) is 0 Å². The maximum Gasteiger partial charge on any atom is 0.137 e. The van der Waals surface area contributed by atoms with Gasteiger partial charge in [-0.05, 0) is 79.6 Å². The number of rotatable bonds is 6. The summed E-state index contributed by atoms with van der Waals surface area (Å²) in [5.74, 6) is 0.279. The number of halogens is 2. The number of hydrogen-bond acceptors (Lipinski definition) is 3. The SMILES string of the molecule is Oc1c(I)cc(I)cc1C=N[C@H](c1ccccc1)[C@@H](c1ccccc1)N1Cc2ccccc2C1. The smallest absolute Gasteiger partial charge is 0.137 e. The number of nitrogens with zero attached hydrogens (tertiary/aromatic N) is 2. The first kappa shape index (κ1) is 23.5. The second kappa shape index (κ2) is 10.6. The van der Waals surface area contributed by atoms with E-state index in [1.165, 1.54) is 16.7 Å². The number of aromatic hydroxyl groups is 1. The normalized spacial score (nSPS) is 15.4. The molecule has 0 fully saturated rings. The van der Waals surface area contributed by atoms with Crippen LogP contribution >= 0.6 is 45.2 Å². The van der Waals surface area contributed by atoms with E-state index < -0.39 is 0 Å². The van der Waals surface area contributed by atoms with Gasteiger partial charge in [0.1, 0.15) is 5.75 Å². The van der Waals surface area contributed by atoms with Gasteiger partial charge in [-0.3, -0.25) is 9.89 Å². The summed E-state index contributed by atoms with van der Waals surface area (Å²) in [6.45, 7) is 1.78. The summed E-state index contributed by atoms with van der Waals surface area (Å²) in [6, 6.07) is 33.7. The van der Waals surface area contributed by atoms with E-state index in [0.717, 1.165) is 31.4 Å². The molecule has 0 saturated carbocycles. The maximum atomic E-state index is 10.7. The molecule has 4 aromatic rings. The molecule has 0 spiro atoms. The van der Waals surface area contributed by atoms with Crippen LogP contribution in [0, 0.1) is 7.14 Å². The molecular formula is C29H24I2N2O. The molecule has 34 heavy (non-hydrogen) atoms. The molecule has 5 heteroatoms. The molecule has 4 aromatic carbocycles. The molecule has 2 atom stereocenters. The quantitative estimate of drug-likeness (QED) is 0.170. The third-order valence-electron chi connectivity index (χ3n) is 6.27. The molecule has 0 bridgehead atoms. The van der Waals surface area contributed by atoms with Gasteiger partial charge in [-0.1, -0.05) is 84.9 Å². The van der Waals surface area contributed by atoms with Crippen LogP contribution in [-0.4, -0.2) is 16.2 Å². The maximum absolute atomic E-state index is 10.7. The minimum atomic E-state index is -0.132. The van der Waals surface area contributed by atoms with Crippen molar-refractivity contribution in [2.24, 2.45) is 4.99 Å². The number of phenolic OH excluding ortho intramolecular Hbond substituents is 1. The van der Waals surface area contributed by atoms with Crippen LogP contribution in [0.15, 0.2) is 102 Å². The summed E-state index contributed by atoms with van der Waals surface area (Å²) >= 11 is 4.46. The van der Waals surface area contributed by atoms with Gasteiger partial charge in [-0.15, -0.1) is 0 Å². The summed E-state index contributed by atoms with van der Waals surface area (Å²) in [6.07, 6.45) is 1.84. The van der Waals surface area contributed by atoms with Crippen molar-refractivity contribution in [1.29, 1.82) is 0 Å². The van der Waals surface area contributed by atoms with Crippen LogP contribution in [0.5, 0.6) is 5.75 Å². The van der Waals surface area contributed by atoms with Crippen molar-refractivity contribution in [2.75, 3.05) is 0 Å². The molecule has 1 aliphatic heterocycles. The predicted octanol–water partition coefficient (Wildman–Crippen LogP) is 7.52. The minimum Gasteiger partial charge on any atom is -0.506 e. The van der Waals surface area contributed by atoms with E-state index in [0.29, 0.717) is 0 Å². The lowest BCUT2D eigenvalue weighted by Crippen LogP contribution is -2.28. The third kappa shape index (κ3) is 5.06. The van der Waals surface area contributed by atoms with Gasteiger partial charge in [-0.2, -0.15) is 0 Å². The highest BCUT2D eigenvalue weighted by Gasteiger charge is 2.33. The zero-order valence-corrected chi connectivity index (χ0v) is 22.8. The molecule has 0 aromatic heterocycles. The van der Waals surface area contributed by atoms with Crippen molar-refractivity contribution in [3.63, 3.8) is 0 Å². The van der Waals surface area contributed by atoms with E-state index in [4.69, 9.17) is 4.99 Å². The average Bonchev–Trinajstić information content (AvgIpc) is 3.29. The van der Waals surface area contributed by atoms with E-state index in [-0.39, 0.29) is 17.8 Å². The first-order valence-electron chi connectivity index (χ1n) is 11.2. The summed E-state index contributed by atoms with van der Waals surface area (Å²) in [4.78, 5) is 7.68. The Hall–Kier alpha value is -2.23. The number of aliphatic imine (C=N–C) groups is 1. The Morgan fingerprint density at radius 2 is 1.32 bits per heavy atom. The van der Waals surface area contributed by atoms with Gasteiger partial charge < -0.3 is 5.11 Å². The predicted molar refractivity (Wildman–Crippen MR) is 155 cm³/mol. The molecule has 1 heterocycles. The van der Waals surface area contributed by atoms with Gasteiger partial charge in [0.15, 0.2) is 0 Å². The summed E-state index contributed by atoms with van der Waals surface area (Å²) in [5, 5.41) is 10.7. The fraction of sp³-hybridized carbons (Fsp3) is 0.138. The number of phenols is 1. The average molecular weight is 670 g/mol. The largest absolute Gasteiger partial charge is 0.506 e. The van der Waals surface area contributed by atoms with Crippen molar-refractivity contribution in [2.45, 2.75) is 25.2 Å². The van der Waals surface area contributed by atoms with Crippen LogP contribution < -0.4 is 0 Å². The molecule has 0 radical (unpaired) electrons. The number of benzene rings is 4. The Balaban J connectivity index is 1.60. The zero-order chi connectivity index (χ0) is 23.5. The Morgan fingerprint density at radius 1 is 0.765 bits per heavy atom. The lowest BCUT2D eigenvalue weighted by Gasteiger charge is -2.33. The highest BCUT2D eigenvalue weighted by Crippen LogP contribution is 2.41. The zero-order valence-electron chi connectivity index (χ0n) is 18.5. The summed E-state index contributed by atoms with van der Waals surface area (Å²) in [7, 11) is 0. The van der Waals surface area contributed by atoms with Crippen LogP contribution in [-0.2, 0) is 13.1 Å². The van der Waals surface area contributed by atoms with Gasteiger partial charge >= 0.3 is 0 Å². The van der Waals surface area contributed by atoms with Crippen molar-refractivity contribution in [3.05, 3.63) is 132 Å². The monoisotopic (exact) mass is 670 g/mol. The summed E-state index contributed by atoms with van der Waals surface area (Å²) in [5.41, 5.74) is 5.90. The first-order chi connectivity index (χ1) is 16.6. The van der Waals surface area contributed by atoms with E-state index in [2.05, 4.69) is 129 Å². The molecule has 0 amide bonds. The van der Waals surface area contributed by atoms with E-state index in [9.17, 15) is 5.11 Å². The Bertz CT molecular complexity index is 1280. The third-order valence-corrected chi connectivity index (χ3v) is 7.72. The molecule has 0 unspecified atom stereocenters. The van der Waals surface area contributed by atoms with Crippen LogP contribution in [0.25, 0.3) is 0 Å². The van der Waals surface area contributed by atoms with Crippen molar-refractivity contribution >= 4 is 51.4 Å². The van der Waals surface area contributed by atoms with Crippen molar-refractivity contribution < 1.29 is 5.11 Å². The highest BCUT2D eigenvalue weighted by atomic mass is 127. The number of hydrogen-bond donors (Lipinski definition) is 1. The lowest BCUT2D eigenvalue weighted by molar-refractivity contribution is 0.174. The fourth-order valence-corrected chi connectivity index (χ4v) is 6.53. The van der Waals surface area contributed by atoms with Crippen LogP contribution in [0.4, 0.5) is 0 Å². The van der Waals surface area contributed by atoms with Crippen molar-refractivity contribution in [3.8, 4) is 5.75 Å². The van der Waals surface area contributed by atoms with Gasteiger partial charge in [0, 0.05) is 28.4 Å². The molecule has 3 nitrogen and oxygen atoms in total. The second-order valence-corrected chi connectivity index (χ2v) is 10.9. The Kier molecular flexibility index (Phi) is 7.32. The van der Waals surface area contributed by atoms with E-state index in [1.807, 2.05) is 24.4 Å². The van der Waals surface area contributed by atoms with Crippen LogP contribution in [0.2, 0.25) is 0 Å². The topological polar surface area (TPSA) is 35.8 Å². The van der Waals surface area contributed by atoms with Crippen molar-refractivity contribution in [1.82, 2.24) is 4.90 Å². The molecule has 5 rings (SSSR count). The molecule has 1 N–H and O–H groups in total. The lowest BCUT2D eigenvalue weighted by atomic mass is 9.92. The fourth-order valence-electron chi connectivity index (χ4n) is 4.64. The first-order valence-corrected chi connectivity index (χ1v) is 13.4. The van der Waals surface area contributed by atoms with Crippen LogP contribution in [0.1, 0.15) is 39.9 Å². The van der Waals surface area contributed by atoms with Gasteiger partial charge in [-0.25, -0.2) is 0 Å².